The maximum Gasteiger partial charge on any atom is 0.256 e. The van der Waals surface area contributed by atoms with Crippen LogP contribution in [0, 0.1) is 11.6 Å². The van der Waals surface area contributed by atoms with Crippen LogP contribution in [0.3, 0.4) is 0 Å². The molecule has 1 saturated heterocycles. The number of aliphatic hydroxyl groups is 1. The van der Waals surface area contributed by atoms with E-state index < -0.39 is 23.1 Å². The number of piperidine rings is 1. The van der Waals surface area contributed by atoms with Gasteiger partial charge in [0.15, 0.2) is 0 Å². The Morgan fingerprint density at radius 2 is 1.53 bits per heavy atom. The number of nitrogens with zero attached hydrogens (tertiary/aromatic N) is 1. The number of hydrogen-bond donors (Lipinski definition) is 2. The van der Waals surface area contributed by atoms with Crippen molar-refractivity contribution in [2.24, 2.45) is 0 Å². The number of hydrogen-bond acceptors (Lipinski definition) is 5. The molecule has 8 heteroatoms. The zero-order valence-electron chi connectivity index (χ0n) is 18.7. The first kappa shape index (κ1) is 26.9. The van der Waals surface area contributed by atoms with Crippen LogP contribution < -0.4 is 10.2 Å². The Morgan fingerprint density at radius 3 is 2.00 bits per heavy atom. The van der Waals surface area contributed by atoms with E-state index in [0.717, 1.165) is 11.6 Å². The summed E-state index contributed by atoms with van der Waals surface area (Å²) < 4.78 is 27.1. The van der Waals surface area contributed by atoms with Crippen LogP contribution in [0.1, 0.15) is 39.2 Å². The van der Waals surface area contributed by atoms with Gasteiger partial charge in [-0.05, 0) is 35.2 Å². The maximum atomic E-state index is 14.0. The summed E-state index contributed by atoms with van der Waals surface area (Å²) in [5.74, 6) is -1.74. The van der Waals surface area contributed by atoms with Crippen LogP contribution >= 0.6 is 0 Å². The molecule has 2 N–H and O–H groups in total. The van der Waals surface area contributed by atoms with E-state index in [1.807, 2.05) is 37.8 Å². The number of nitrogens with one attached hydrogen (secondary N) is 1. The van der Waals surface area contributed by atoms with Crippen LogP contribution in [0.2, 0.25) is 0 Å². The van der Waals surface area contributed by atoms with Crippen LogP contribution in [-0.2, 0) is 19.8 Å². The van der Waals surface area contributed by atoms with Crippen molar-refractivity contribution in [2.75, 3.05) is 23.3 Å². The summed E-state index contributed by atoms with van der Waals surface area (Å²) in [6, 6.07) is 11.0. The van der Waals surface area contributed by atoms with Gasteiger partial charge in [-0.2, -0.15) is 0 Å². The van der Waals surface area contributed by atoms with Crippen molar-refractivity contribution < 1.29 is 28.3 Å². The predicted octanol–water partition coefficient (Wildman–Crippen LogP) is 3.86. The summed E-state index contributed by atoms with van der Waals surface area (Å²) in [4.78, 5) is 30.3. The first-order chi connectivity index (χ1) is 15.1. The Labute approximate surface area is 187 Å². The topological polar surface area (TPSA) is 86.7 Å². The van der Waals surface area contributed by atoms with E-state index in [-0.39, 0.29) is 23.9 Å². The molecule has 0 saturated carbocycles. The van der Waals surface area contributed by atoms with Gasteiger partial charge in [-0.3, -0.25) is 4.79 Å². The SMILES string of the molecule is C=O.C=O.CC(C)(C)c1ccc(NC(=O)C2(O)CCN(c3ccc(F)cc3F)CC2)cc1. The van der Waals surface area contributed by atoms with E-state index in [2.05, 4.69) is 26.1 Å². The number of rotatable bonds is 3. The molecule has 0 unspecified atom stereocenters. The summed E-state index contributed by atoms with van der Waals surface area (Å²) in [5, 5.41) is 13.5. The van der Waals surface area contributed by atoms with E-state index in [9.17, 15) is 18.7 Å². The second kappa shape index (κ2) is 11.5. The van der Waals surface area contributed by atoms with Crippen molar-refractivity contribution in [2.45, 2.75) is 44.6 Å². The Balaban J connectivity index is 0.00000121. The lowest BCUT2D eigenvalue weighted by atomic mass is 9.87. The minimum absolute atomic E-state index is 0.0171. The number of anilines is 2. The molecule has 6 nitrogen and oxygen atoms in total. The van der Waals surface area contributed by atoms with Gasteiger partial charge in [0, 0.05) is 37.7 Å². The van der Waals surface area contributed by atoms with Gasteiger partial charge in [-0.15, -0.1) is 0 Å². The third-order valence-electron chi connectivity index (χ3n) is 5.27. The van der Waals surface area contributed by atoms with E-state index in [0.29, 0.717) is 18.8 Å². The highest BCUT2D eigenvalue weighted by Gasteiger charge is 2.39. The summed E-state index contributed by atoms with van der Waals surface area (Å²) in [7, 11) is 0. The predicted molar refractivity (Wildman–Crippen MR) is 121 cm³/mol. The summed E-state index contributed by atoms with van der Waals surface area (Å²) in [6.45, 7) is 10.9. The molecule has 0 radical (unpaired) electrons. The number of halogens is 2. The van der Waals surface area contributed by atoms with E-state index in [1.165, 1.54) is 12.1 Å². The molecule has 0 spiro atoms. The summed E-state index contributed by atoms with van der Waals surface area (Å²) in [6.07, 6.45) is 0.325. The highest BCUT2D eigenvalue weighted by Crippen LogP contribution is 2.30. The second-order valence-corrected chi connectivity index (χ2v) is 8.40. The number of benzene rings is 2. The van der Waals surface area contributed by atoms with Crippen LogP contribution in [0.25, 0.3) is 0 Å². The van der Waals surface area contributed by atoms with Crippen molar-refractivity contribution in [3.05, 3.63) is 59.7 Å². The molecule has 1 amide bonds. The number of carbonyl (C=O) groups excluding carboxylic acids is 3. The zero-order chi connectivity index (χ0) is 24.5. The molecule has 1 aliphatic rings. The lowest BCUT2D eigenvalue weighted by molar-refractivity contribution is -0.136. The van der Waals surface area contributed by atoms with E-state index in [1.54, 1.807) is 4.90 Å². The normalized spacial score (nSPS) is 14.9. The average Bonchev–Trinajstić information content (AvgIpc) is 2.77. The van der Waals surface area contributed by atoms with Crippen molar-refractivity contribution in [3.63, 3.8) is 0 Å². The average molecular weight is 449 g/mol. The molecule has 32 heavy (non-hydrogen) atoms. The minimum atomic E-state index is -1.52. The van der Waals surface area contributed by atoms with Crippen LogP contribution in [0.15, 0.2) is 42.5 Å². The van der Waals surface area contributed by atoms with Crippen molar-refractivity contribution >= 4 is 30.9 Å². The molecule has 2 aromatic carbocycles. The summed E-state index contributed by atoms with van der Waals surface area (Å²) in [5.41, 5.74) is 0.553. The highest BCUT2D eigenvalue weighted by molar-refractivity contribution is 5.97. The fourth-order valence-corrected chi connectivity index (χ4v) is 3.38. The number of amides is 1. The lowest BCUT2D eigenvalue weighted by Crippen LogP contribution is -2.51. The monoisotopic (exact) mass is 448 g/mol. The molecule has 3 rings (SSSR count). The van der Waals surface area contributed by atoms with Gasteiger partial charge in [-0.1, -0.05) is 32.9 Å². The second-order valence-electron chi connectivity index (χ2n) is 8.40. The minimum Gasteiger partial charge on any atom is -0.380 e. The van der Waals surface area contributed by atoms with Gasteiger partial charge in [0.25, 0.3) is 5.91 Å². The molecule has 1 fully saturated rings. The van der Waals surface area contributed by atoms with Crippen LogP contribution in [0.5, 0.6) is 0 Å². The zero-order valence-corrected chi connectivity index (χ0v) is 18.7. The van der Waals surface area contributed by atoms with Crippen LogP contribution in [0.4, 0.5) is 20.2 Å². The van der Waals surface area contributed by atoms with Crippen molar-refractivity contribution in [1.29, 1.82) is 0 Å². The van der Waals surface area contributed by atoms with Crippen molar-refractivity contribution in [1.82, 2.24) is 0 Å². The smallest absolute Gasteiger partial charge is 0.256 e. The molecule has 1 aliphatic heterocycles. The van der Waals surface area contributed by atoms with Gasteiger partial charge < -0.3 is 24.9 Å². The third kappa shape index (κ3) is 6.68. The van der Waals surface area contributed by atoms with E-state index in [4.69, 9.17) is 9.59 Å². The molecule has 0 aromatic heterocycles. The Kier molecular flexibility index (Phi) is 9.65. The third-order valence-corrected chi connectivity index (χ3v) is 5.27. The van der Waals surface area contributed by atoms with Crippen molar-refractivity contribution in [3.8, 4) is 0 Å². The maximum absolute atomic E-state index is 14.0. The lowest BCUT2D eigenvalue weighted by Gasteiger charge is -2.38. The van der Waals surface area contributed by atoms with Gasteiger partial charge in [0.05, 0.1) is 5.69 Å². The molecule has 1 heterocycles. The molecule has 2 aromatic rings. The van der Waals surface area contributed by atoms with Crippen LogP contribution in [-0.4, -0.2) is 43.3 Å². The van der Waals surface area contributed by atoms with Gasteiger partial charge in [-0.25, -0.2) is 8.78 Å². The molecule has 0 atom stereocenters. The van der Waals surface area contributed by atoms with E-state index >= 15 is 0 Å². The first-order valence-electron chi connectivity index (χ1n) is 10.0. The standard InChI is InChI=1S/C22H26F2N2O2.2CH2O/c1-21(2,3)15-4-7-17(8-5-15)25-20(27)22(28)10-12-26(13-11-22)19-9-6-16(23)14-18(19)24;2*1-2/h4-9,14,28H,10-13H2,1-3H3,(H,25,27);2*1H2. The Morgan fingerprint density at radius 1 is 1.00 bits per heavy atom. The molecule has 174 valence electrons. The molecular formula is C24H30F2N2O4. The first-order valence-corrected chi connectivity index (χ1v) is 10.0. The van der Waals surface area contributed by atoms with Gasteiger partial charge >= 0.3 is 0 Å². The molecule has 0 bridgehead atoms. The Hall–Kier alpha value is -3.13. The molecule has 0 aliphatic carbocycles. The van der Waals surface area contributed by atoms with Gasteiger partial charge in [0.2, 0.25) is 0 Å². The molecular weight excluding hydrogens is 418 g/mol. The summed E-state index contributed by atoms with van der Waals surface area (Å²) >= 11 is 0. The quantitative estimate of drug-likeness (QED) is 0.745. The number of carbonyl (C=O) groups is 3. The van der Waals surface area contributed by atoms with Gasteiger partial charge in [0.1, 0.15) is 30.8 Å². The fourth-order valence-electron chi connectivity index (χ4n) is 3.38. The fraction of sp³-hybridized carbons (Fsp3) is 0.375. The Bertz CT molecular complexity index is 888. The largest absolute Gasteiger partial charge is 0.380 e. The highest BCUT2D eigenvalue weighted by atomic mass is 19.1.